The molecule has 0 aliphatic rings. The van der Waals surface area contributed by atoms with Crippen molar-refractivity contribution in [1.29, 1.82) is 0 Å². The Hall–Kier alpha value is -1.43. The number of methoxy groups -OCH3 is 1. The molecule has 0 aliphatic carbocycles. The molecule has 0 spiro atoms. The number of ether oxygens (including phenoxy) is 1. The molecule has 0 fully saturated rings. The van der Waals surface area contributed by atoms with Crippen LogP contribution in [-0.2, 0) is 0 Å². The van der Waals surface area contributed by atoms with Gasteiger partial charge in [0.05, 0.1) is 13.7 Å². The second-order valence-corrected chi connectivity index (χ2v) is 3.64. The van der Waals surface area contributed by atoms with Gasteiger partial charge in [-0.1, -0.05) is 0 Å². The lowest BCUT2D eigenvalue weighted by molar-refractivity contribution is -0.126. The zero-order valence-electron chi connectivity index (χ0n) is 9.51. The first kappa shape index (κ1) is 13.6. The number of hydrogen-bond acceptors (Lipinski definition) is 3. The Morgan fingerprint density at radius 3 is 2.59 bits per heavy atom. The monoisotopic (exact) mass is 249 g/mol. The second-order valence-electron chi connectivity index (χ2n) is 3.64. The van der Waals surface area contributed by atoms with Gasteiger partial charge in [-0.05, 0) is 25.1 Å². The van der Waals surface area contributed by atoms with E-state index in [1.165, 1.54) is 25.3 Å². The number of phenols is 1. The molecule has 2 N–H and O–H groups in total. The molecule has 0 heterocycles. The van der Waals surface area contributed by atoms with Crippen molar-refractivity contribution in [2.45, 2.75) is 19.1 Å². The van der Waals surface area contributed by atoms with Crippen LogP contribution < -0.4 is 10.1 Å². The minimum Gasteiger partial charge on any atom is -0.508 e. The fourth-order valence-electron chi connectivity index (χ4n) is 1.39. The Balaban J connectivity index is 2.77. The van der Waals surface area contributed by atoms with Gasteiger partial charge in [0.25, 0.3) is 0 Å². The van der Waals surface area contributed by atoms with E-state index in [-0.39, 0.29) is 5.75 Å². The first-order valence-electron chi connectivity index (χ1n) is 5.00. The Morgan fingerprint density at radius 2 is 2.06 bits per heavy atom. The lowest BCUT2D eigenvalue weighted by atomic mass is 10.1. The largest absolute Gasteiger partial charge is 0.508 e. The number of alkyl halides is 3. The maximum atomic E-state index is 12.0. The predicted octanol–water partition coefficient (Wildman–Crippen LogP) is 2.61. The third kappa shape index (κ3) is 4.14. The first-order valence-corrected chi connectivity index (χ1v) is 5.00. The second kappa shape index (κ2) is 5.27. The maximum Gasteiger partial charge on any atom is 0.401 e. The molecule has 6 heteroatoms. The van der Waals surface area contributed by atoms with Gasteiger partial charge in [0.15, 0.2) is 0 Å². The van der Waals surface area contributed by atoms with Crippen LogP contribution >= 0.6 is 0 Å². The molecule has 1 atom stereocenters. The average molecular weight is 249 g/mol. The molecule has 0 aromatic heterocycles. The third-order valence-corrected chi connectivity index (χ3v) is 2.31. The Kier molecular flexibility index (Phi) is 4.22. The number of hydrogen-bond donors (Lipinski definition) is 2. The molecule has 0 bridgehead atoms. The van der Waals surface area contributed by atoms with Gasteiger partial charge < -0.3 is 15.2 Å². The summed E-state index contributed by atoms with van der Waals surface area (Å²) < 4.78 is 41.0. The smallest absolute Gasteiger partial charge is 0.401 e. The van der Waals surface area contributed by atoms with Crippen molar-refractivity contribution in [2.75, 3.05) is 13.7 Å². The van der Waals surface area contributed by atoms with E-state index in [2.05, 4.69) is 5.32 Å². The van der Waals surface area contributed by atoms with Gasteiger partial charge in [-0.3, -0.25) is 0 Å². The zero-order valence-corrected chi connectivity index (χ0v) is 9.51. The van der Waals surface area contributed by atoms with Crippen molar-refractivity contribution in [2.24, 2.45) is 0 Å². The highest BCUT2D eigenvalue weighted by Gasteiger charge is 2.27. The van der Waals surface area contributed by atoms with Crippen molar-refractivity contribution in [1.82, 2.24) is 5.32 Å². The van der Waals surface area contributed by atoms with Crippen LogP contribution in [0.25, 0.3) is 0 Å². The summed E-state index contributed by atoms with van der Waals surface area (Å²) in [6.07, 6.45) is -4.28. The molecule has 0 radical (unpaired) electrons. The van der Waals surface area contributed by atoms with E-state index in [9.17, 15) is 18.3 Å². The SMILES string of the molecule is COc1ccc(O)c(C(C)NCC(F)(F)F)c1. The van der Waals surface area contributed by atoms with E-state index >= 15 is 0 Å². The third-order valence-electron chi connectivity index (χ3n) is 2.31. The average Bonchev–Trinajstić information content (AvgIpc) is 2.25. The van der Waals surface area contributed by atoms with Gasteiger partial charge in [0, 0.05) is 11.6 Å². The van der Waals surface area contributed by atoms with Crippen molar-refractivity contribution in [3.63, 3.8) is 0 Å². The highest BCUT2D eigenvalue weighted by atomic mass is 19.4. The topological polar surface area (TPSA) is 41.5 Å². The Morgan fingerprint density at radius 1 is 1.41 bits per heavy atom. The fraction of sp³-hybridized carbons (Fsp3) is 0.455. The molecule has 1 unspecified atom stereocenters. The summed E-state index contributed by atoms with van der Waals surface area (Å²) in [5.41, 5.74) is 0.369. The fourth-order valence-corrected chi connectivity index (χ4v) is 1.39. The van der Waals surface area contributed by atoms with E-state index in [4.69, 9.17) is 4.74 Å². The number of benzene rings is 1. The summed E-state index contributed by atoms with van der Waals surface area (Å²) in [5.74, 6) is 0.423. The zero-order chi connectivity index (χ0) is 13.1. The number of phenolic OH excluding ortho intramolecular Hbond substituents is 1. The summed E-state index contributed by atoms with van der Waals surface area (Å²) >= 11 is 0. The summed E-state index contributed by atoms with van der Waals surface area (Å²) in [7, 11) is 1.45. The molecule has 1 aromatic carbocycles. The highest BCUT2D eigenvalue weighted by Crippen LogP contribution is 2.28. The van der Waals surface area contributed by atoms with Gasteiger partial charge in [-0.2, -0.15) is 13.2 Å². The van der Waals surface area contributed by atoms with Crippen LogP contribution in [0.1, 0.15) is 18.5 Å². The van der Waals surface area contributed by atoms with Crippen molar-refractivity contribution >= 4 is 0 Å². The summed E-state index contributed by atoms with van der Waals surface area (Å²) in [5, 5.41) is 11.8. The molecule has 0 saturated heterocycles. The number of nitrogens with one attached hydrogen (secondary N) is 1. The van der Waals surface area contributed by atoms with Crippen LogP contribution in [0.15, 0.2) is 18.2 Å². The molecule has 17 heavy (non-hydrogen) atoms. The van der Waals surface area contributed by atoms with Crippen LogP contribution in [0.4, 0.5) is 13.2 Å². The van der Waals surface area contributed by atoms with Gasteiger partial charge in [-0.15, -0.1) is 0 Å². The number of aromatic hydroxyl groups is 1. The standard InChI is InChI=1S/C11H14F3NO2/c1-7(15-6-11(12,13)14)9-5-8(17-2)3-4-10(9)16/h3-5,7,15-16H,6H2,1-2H3. The molecule has 0 saturated carbocycles. The molecule has 96 valence electrons. The van der Waals surface area contributed by atoms with Crippen LogP contribution in [0.2, 0.25) is 0 Å². The number of rotatable bonds is 4. The normalized spacial score (nSPS) is 13.5. The van der Waals surface area contributed by atoms with Gasteiger partial charge in [0.1, 0.15) is 11.5 Å². The Bertz CT molecular complexity index is 379. The Labute approximate surface area is 97.2 Å². The molecule has 0 amide bonds. The summed E-state index contributed by atoms with van der Waals surface area (Å²) in [4.78, 5) is 0. The molecule has 1 rings (SSSR count). The molecular weight excluding hydrogens is 235 g/mol. The van der Waals surface area contributed by atoms with Crippen LogP contribution in [-0.4, -0.2) is 24.9 Å². The van der Waals surface area contributed by atoms with E-state index in [1.54, 1.807) is 6.92 Å². The quantitative estimate of drug-likeness (QED) is 0.861. The lowest BCUT2D eigenvalue weighted by Crippen LogP contribution is -2.30. The minimum absolute atomic E-state index is 0.0621. The van der Waals surface area contributed by atoms with Crippen molar-refractivity contribution in [3.05, 3.63) is 23.8 Å². The van der Waals surface area contributed by atoms with E-state index < -0.39 is 18.8 Å². The van der Waals surface area contributed by atoms with Gasteiger partial charge >= 0.3 is 6.18 Å². The van der Waals surface area contributed by atoms with Gasteiger partial charge in [-0.25, -0.2) is 0 Å². The first-order chi connectivity index (χ1) is 7.83. The summed E-state index contributed by atoms with van der Waals surface area (Å²) in [6.45, 7) is 0.436. The molecule has 1 aromatic rings. The maximum absolute atomic E-state index is 12.0. The van der Waals surface area contributed by atoms with E-state index in [0.717, 1.165) is 0 Å². The van der Waals surface area contributed by atoms with Gasteiger partial charge in [0.2, 0.25) is 0 Å². The van der Waals surface area contributed by atoms with Crippen LogP contribution in [0.5, 0.6) is 11.5 Å². The van der Waals surface area contributed by atoms with E-state index in [1.807, 2.05) is 0 Å². The molecular formula is C11H14F3NO2. The van der Waals surface area contributed by atoms with Crippen molar-refractivity contribution in [3.8, 4) is 11.5 Å². The lowest BCUT2D eigenvalue weighted by Gasteiger charge is -2.17. The molecule has 3 nitrogen and oxygen atoms in total. The highest BCUT2D eigenvalue weighted by molar-refractivity contribution is 5.41. The van der Waals surface area contributed by atoms with E-state index in [0.29, 0.717) is 11.3 Å². The minimum atomic E-state index is -4.28. The van der Waals surface area contributed by atoms with Crippen LogP contribution in [0.3, 0.4) is 0 Å². The van der Waals surface area contributed by atoms with Crippen molar-refractivity contribution < 1.29 is 23.0 Å². The summed E-state index contributed by atoms with van der Waals surface area (Å²) in [6, 6.07) is 3.81. The molecule has 0 aliphatic heterocycles. The number of halogens is 3. The van der Waals surface area contributed by atoms with Crippen LogP contribution in [0, 0.1) is 0 Å². The predicted molar refractivity (Wildman–Crippen MR) is 57.1 cm³/mol.